The van der Waals surface area contributed by atoms with Crippen molar-refractivity contribution in [2.24, 2.45) is 11.8 Å². The normalized spacial score (nSPS) is 31.9. The number of aliphatic hydroxyl groups is 1. The number of allylic oxidation sites excluding steroid dienone is 1. The second kappa shape index (κ2) is 8.48. The summed E-state index contributed by atoms with van der Waals surface area (Å²) in [6.45, 7) is 13.4. The van der Waals surface area contributed by atoms with Crippen LogP contribution in [0.15, 0.2) is 11.6 Å². The van der Waals surface area contributed by atoms with Crippen molar-refractivity contribution in [2.75, 3.05) is 0 Å². The molecule has 1 fully saturated rings. The van der Waals surface area contributed by atoms with Crippen molar-refractivity contribution in [1.82, 2.24) is 0 Å². The molecular weight excluding hydrogens is 316 g/mol. The third kappa shape index (κ3) is 4.72. The molecule has 0 amide bonds. The molecular formula is C20H38O3Si. The number of rotatable bonds is 9. The van der Waals surface area contributed by atoms with Gasteiger partial charge in [-0.1, -0.05) is 46.3 Å². The molecule has 1 aliphatic heterocycles. The molecule has 4 heteroatoms. The first-order chi connectivity index (χ1) is 11.4. The third-order valence-electron chi connectivity index (χ3n) is 6.16. The van der Waals surface area contributed by atoms with Crippen molar-refractivity contribution in [3.8, 4) is 0 Å². The largest absolute Gasteiger partial charge is 0.410 e. The second-order valence-corrected chi connectivity index (χ2v) is 13.0. The average Bonchev–Trinajstić information content (AvgIpc) is 3.30. The lowest BCUT2D eigenvalue weighted by Crippen LogP contribution is -2.46. The molecule has 2 rings (SSSR count). The Morgan fingerprint density at radius 1 is 1.25 bits per heavy atom. The first kappa shape index (κ1) is 20.2. The van der Waals surface area contributed by atoms with E-state index < -0.39 is 8.32 Å². The van der Waals surface area contributed by atoms with Crippen LogP contribution in [0.25, 0.3) is 0 Å². The van der Waals surface area contributed by atoms with E-state index in [0.29, 0.717) is 5.92 Å². The van der Waals surface area contributed by atoms with Gasteiger partial charge in [0.25, 0.3) is 0 Å². The SMILES string of the molecule is CC[Si](CC)(CC)O[C@@H]1C=C(C)CC[C@@H]1C(O)[C@H]1O[C@@H]1CC(C)C. The van der Waals surface area contributed by atoms with E-state index in [0.717, 1.165) is 37.4 Å². The molecule has 1 aliphatic carbocycles. The molecule has 24 heavy (non-hydrogen) atoms. The van der Waals surface area contributed by atoms with E-state index in [4.69, 9.17) is 9.16 Å². The smallest absolute Gasteiger partial charge is 0.192 e. The van der Waals surface area contributed by atoms with Gasteiger partial charge in [-0.15, -0.1) is 0 Å². The Hall–Kier alpha value is -0.163. The van der Waals surface area contributed by atoms with Crippen molar-refractivity contribution in [1.29, 1.82) is 0 Å². The minimum absolute atomic E-state index is 0.0243. The van der Waals surface area contributed by atoms with Crippen molar-refractivity contribution >= 4 is 8.32 Å². The Labute approximate surface area is 149 Å². The molecule has 1 heterocycles. The number of hydrogen-bond acceptors (Lipinski definition) is 3. The number of epoxide rings is 1. The Bertz CT molecular complexity index is 422. The Kier molecular flexibility index (Phi) is 7.12. The van der Waals surface area contributed by atoms with E-state index in [-0.39, 0.29) is 30.3 Å². The average molecular weight is 355 g/mol. The maximum absolute atomic E-state index is 10.9. The quantitative estimate of drug-likeness (QED) is 0.363. The van der Waals surface area contributed by atoms with Crippen molar-refractivity contribution in [3.63, 3.8) is 0 Å². The molecule has 0 saturated carbocycles. The third-order valence-corrected chi connectivity index (χ3v) is 10.8. The number of aliphatic hydroxyl groups excluding tert-OH is 1. The fourth-order valence-corrected chi connectivity index (χ4v) is 7.00. The van der Waals surface area contributed by atoms with Gasteiger partial charge in [0.15, 0.2) is 8.32 Å². The van der Waals surface area contributed by atoms with Gasteiger partial charge in [0.05, 0.1) is 18.3 Å². The van der Waals surface area contributed by atoms with Crippen LogP contribution in [-0.2, 0) is 9.16 Å². The van der Waals surface area contributed by atoms with E-state index in [2.05, 4.69) is 47.6 Å². The lowest BCUT2D eigenvalue weighted by molar-refractivity contribution is 0.0152. The van der Waals surface area contributed by atoms with Gasteiger partial charge in [0, 0.05) is 5.92 Å². The van der Waals surface area contributed by atoms with Gasteiger partial charge in [0.1, 0.15) is 6.10 Å². The maximum Gasteiger partial charge on any atom is 0.192 e. The van der Waals surface area contributed by atoms with E-state index in [1.165, 1.54) is 5.57 Å². The lowest BCUT2D eigenvalue weighted by atomic mass is 9.82. The van der Waals surface area contributed by atoms with Gasteiger partial charge in [-0.05, 0) is 50.2 Å². The van der Waals surface area contributed by atoms with Crippen LogP contribution in [0, 0.1) is 11.8 Å². The molecule has 0 aromatic rings. The predicted molar refractivity (Wildman–Crippen MR) is 103 cm³/mol. The van der Waals surface area contributed by atoms with Gasteiger partial charge >= 0.3 is 0 Å². The Balaban J connectivity index is 2.07. The van der Waals surface area contributed by atoms with Crippen molar-refractivity contribution in [2.45, 2.75) is 103 Å². The summed E-state index contributed by atoms with van der Waals surface area (Å²) in [5.41, 5.74) is 1.41. The molecule has 0 aromatic carbocycles. The molecule has 140 valence electrons. The van der Waals surface area contributed by atoms with Crippen LogP contribution in [0.5, 0.6) is 0 Å². The highest BCUT2D eigenvalue weighted by Crippen LogP contribution is 2.40. The zero-order valence-corrected chi connectivity index (χ0v) is 17.5. The fourth-order valence-electron chi connectivity index (χ4n) is 4.18. The van der Waals surface area contributed by atoms with Gasteiger partial charge in [-0.3, -0.25) is 0 Å². The first-order valence-electron chi connectivity index (χ1n) is 10.0. The monoisotopic (exact) mass is 354 g/mol. The molecule has 0 spiro atoms. The van der Waals surface area contributed by atoms with Crippen LogP contribution in [0.2, 0.25) is 18.1 Å². The highest BCUT2D eigenvalue weighted by Gasteiger charge is 2.49. The van der Waals surface area contributed by atoms with E-state index >= 15 is 0 Å². The summed E-state index contributed by atoms with van der Waals surface area (Å²) in [4.78, 5) is 0. The minimum Gasteiger partial charge on any atom is -0.410 e. The molecule has 5 atom stereocenters. The summed E-state index contributed by atoms with van der Waals surface area (Å²) in [5, 5.41) is 10.9. The van der Waals surface area contributed by atoms with Crippen LogP contribution in [0.4, 0.5) is 0 Å². The van der Waals surface area contributed by atoms with Crippen LogP contribution in [-0.4, -0.2) is 37.8 Å². The molecule has 3 nitrogen and oxygen atoms in total. The molecule has 1 unspecified atom stereocenters. The summed E-state index contributed by atoms with van der Waals surface area (Å²) >= 11 is 0. The summed E-state index contributed by atoms with van der Waals surface area (Å²) in [6.07, 6.45) is 5.39. The van der Waals surface area contributed by atoms with E-state index in [9.17, 15) is 5.11 Å². The molecule has 1 saturated heterocycles. The molecule has 0 aromatic heterocycles. The standard InChI is InChI=1S/C20H38O3Si/c1-7-24(8-2,9-3)23-17-13-15(6)10-11-16(17)19(21)20-18(22-20)12-14(4)5/h13-14,16-21H,7-12H2,1-6H3/t16-,17+,18+,19?,20-/m0/s1. The summed E-state index contributed by atoms with van der Waals surface area (Å²) in [5.74, 6) is 0.806. The first-order valence-corrected chi connectivity index (χ1v) is 12.6. The van der Waals surface area contributed by atoms with E-state index in [1.807, 2.05) is 0 Å². The van der Waals surface area contributed by atoms with Gasteiger partial charge in [-0.25, -0.2) is 0 Å². The van der Waals surface area contributed by atoms with Crippen LogP contribution in [0.1, 0.15) is 60.8 Å². The summed E-state index contributed by atoms with van der Waals surface area (Å²) in [6, 6.07) is 3.46. The lowest BCUT2D eigenvalue weighted by Gasteiger charge is -2.39. The van der Waals surface area contributed by atoms with Crippen LogP contribution < -0.4 is 0 Å². The highest BCUT2D eigenvalue weighted by atomic mass is 28.4. The number of hydrogen-bond donors (Lipinski definition) is 1. The van der Waals surface area contributed by atoms with Crippen molar-refractivity contribution in [3.05, 3.63) is 11.6 Å². The zero-order valence-electron chi connectivity index (χ0n) is 16.5. The number of ether oxygens (including phenoxy) is 1. The van der Waals surface area contributed by atoms with Crippen LogP contribution in [0.3, 0.4) is 0 Å². The minimum atomic E-state index is -1.68. The predicted octanol–water partition coefficient (Wildman–Crippen LogP) is 4.91. The van der Waals surface area contributed by atoms with Crippen LogP contribution >= 0.6 is 0 Å². The van der Waals surface area contributed by atoms with Gasteiger partial charge in [-0.2, -0.15) is 0 Å². The summed E-state index contributed by atoms with van der Waals surface area (Å²) in [7, 11) is -1.68. The van der Waals surface area contributed by atoms with Gasteiger partial charge < -0.3 is 14.3 Å². The highest BCUT2D eigenvalue weighted by molar-refractivity contribution is 6.73. The van der Waals surface area contributed by atoms with Gasteiger partial charge in [0.2, 0.25) is 0 Å². The topological polar surface area (TPSA) is 42.0 Å². The maximum atomic E-state index is 10.9. The Morgan fingerprint density at radius 2 is 1.88 bits per heavy atom. The van der Waals surface area contributed by atoms with Crippen molar-refractivity contribution < 1.29 is 14.3 Å². The molecule has 1 N–H and O–H groups in total. The summed E-state index contributed by atoms with van der Waals surface area (Å²) < 4.78 is 12.6. The zero-order chi connectivity index (χ0) is 17.9. The second-order valence-electron chi connectivity index (χ2n) is 8.30. The fraction of sp³-hybridized carbons (Fsp3) is 0.900. The molecule has 0 bridgehead atoms. The molecule has 0 radical (unpaired) electrons. The molecule has 2 aliphatic rings. The van der Waals surface area contributed by atoms with E-state index in [1.54, 1.807) is 0 Å². The Morgan fingerprint density at radius 3 is 2.42 bits per heavy atom.